The Morgan fingerprint density at radius 1 is 1.24 bits per heavy atom. The van der Waals surface area contributed by atoms with Crippen molar-refractivity contribution in [2.24, 2.45) is 11.8 Å². The normalized spacial score (nSPS) is 31.4. The number of rotatable bonds is 2. The Morgan fingerprint density at radius 2 is 1.76 bits per heavy atom. The van der Waals surface area contributed by atoms with Gasteiger partial charge in [0.2, 0.25) is 5.91 Å². The molecule has 2 heterocycles. The second-order valence-electron chi connectivity index (χ2n) is 5.58. The van der Waals surface area contributed by atoms with Crippen LogP contribution in [0.4, 0.5) is 0 Å². The van der Waals surface area contributed by atoms with Gasteiger partial charge in [0.1, 0.15) is 0 Å². The van der Waals surface area contributed by atoms with Crippen LogP contribution in [0.2, 0.25) is 0 Å². The van der Waals surface area contributed by atoms with Crippen LogP contribution in [-0.4, -0.2) is 36.0 Å². The third-order valence-electron chi connectivity index (χ3n) is 4.36. The minimum absolute atomic E-state index is 0. The lowest BCUT2D eigenvalue weighted by atomic mass is 9.86. The standard InChI is InChI=1S/C13H24N2O.ClH/c1-9-5-4-6-10(2)15(9)13(16)11(3)12-7-14-8-12;/h9-12,14H,4-8H2,1-3H3;1H. The van der Waals surface area contributed by atoms with Crippen molar-refractivity contribution >= 4 is 18.3 Å². The summed E-state index contributed by atoms with van der Waals surface area (Å²) in [6.45, 7) is 8.52. The number of carbonyl (C=O) groups excluding carboxylic acids is 1. The number of amides is 1. The highest BCUT2D eigenvalue weighted by Gasteiger charge is 2.36. The van der Waals surface area contributed by atoms with Gasteiger partial charge >= 0.3 is 0 Å². The van der Waals surface area contributed by atoms with Crippen LogP contribution in [0.15, 0.2) is 0 Å². The molecular formula is C13H25ClN2O. The van der Waals surface area contributed by atoms with Crippen molar-refractivity contribution in [1.29, 1.82) is 0 Å². The largest absolute Gasteiger partial charge is 0.337 e. The molecule has 0 aromatic heterocycles. The Labute approximate surface area is 111 Å². The maximum Gasteiger partial charge on any atom is 0.226 e. The summed E-state index contributed by atoms with van der Waals surface area (Å²) >= 11 is 0. The average Bonchev–Trinajstić information content (AvgIpc) is 2.14. The maximum absolute atomic E-state index is 12.5. The Hall–Kier alpha value is -0.280. The van der Waals surface area contributed by atoms with Gasteiger partial charge in [0.15, 0.2) is 0 Å². The lowest BCUT2D eigenvalue weighted by Gasteiger charge is -2.43. The second-order valence-corrected chi connectivity index (χ2v) is 5.58. The van der Waals surface area contributed by atoms with Crippen LogP contribution in [0.3, 0.4) is 0 Å². The quantitative estimate of drug-likeness (QED) is 0.824. The Morgan fingerprint density at radius 3 is 2.18 bits per heavy atom. The van der Waals surface area contributed by atoms with Crippen LogP contribution in [0.25, 0.3) is 0 Å². The minimum atomic E-state index is 0. The van der Waals surface area contributed by atoms with Gasteiger partial charge in [0, 0.05) is 18.0 Å². The predicted molar refractivity (Wildman–Crippen MR) is 72.4 cm³/mol. The molecule has 2 aliphatic heterocycles. The van der Waals surface area contributed by atoms with Crippen molar-refractivity contribution in [3.63, 3.8) is 0 Å². The fraction of sp³-hybridized carbons (Fsp3) is 0.923. The first-order valence-corrected chi connectivity index (χ1v) is 6.64. The molecule has 0 radical (unpaired) electrons. The maximum atomic E-state index is 12.5. The number of hydrogen-bond acceptors (Lipinski definition) is 2. The Kier molecular flexibility index (Phi) is 5.26. The van der Waals surface area contributed by atoms with Crippen LogP contribution in [0, 0.1) is 11.8 Å². The highest BCUT2D eigenvalue weighted by atomic mass is 35.5. The van der Waals surface area contributed by atoms with Crippen LogP contribution < -0.4 is 5.32 Å². The first kappa shape index (κ1) is 14.8. The summed E-state index contributed by atoms with van der Waals surface area (Å²) in [5, 5.41) is 3.25. The lowest BCUT2D eigenvalue weighted by molar-refractivity contribution is -0.143. The van der Waals surface area contributed by atoms with Gasteiger partial charge in [0.05, 0.1) is 0 Å². The van der Waals surface area contributed by atoms with Gasteiger partial charge < -0.3 is 10.2 Å². The molecule has 2 saturated heterocycles. The summed E-state index contributed by atoms with van der Waals surface area (Å²) in [5.41, 5.74) is 0. The van der Waals surface area contributed by atoms with E-state index >= 15 is 0 Å². The van der Waals surface area contributed by atoms with Crippen molar-refractivity contribution in [2.45, 2.75) is 52.1 Å². The predicted octanol–water partition coefficient (Wildman–Crippen LogP) is 2.05. The van der Waals surface area contributed by atoms with Gasteiger partial charge in [-0.3, -0.25) is 4.79 Å². The van der Waals surface area contributed by atoms with Crippen LogP contribution in [0.1, 0.15) is 40.0 Å². The first-order chi connectivity index (χ1) is 7.61. The number of likely N-dealkylation sites (tertiary alicyclic amines) is 1. The van der Waals surface area contributed by atoms with E-state index in [4.69, 9.17) is 0 Å². The van der Waals surface area contributed by atoms with E-state index in [1.165, 1.54) is 19.3 Å². The minimum Gasteiger partial charge on any atom is -0.337 e. The molecule has 2 rings (SSSR count). The van der Waals surface area contributed by atoms with Gasteiger partial charge in [-0.25, -0.2) is 0 Å². The molecule has 1 amide bonds. The van der Waals surface area contributed by atoms with E-state index in [0.717, 1.165) is 13.1 Å². The van der Waals surface area contributed by atoms with Gasteiger partial charge in [-0.1, -0.05) is 6.92 Å². The van der Waals surface area contributed by atoms with Gasteiger partial charge in [-0.2, -0.15) is 0 Å². The molecule has 3 atom stereocenters. The summed E-state index contributed by atoms with van der Waals surface area (Å²) in [6.07, 6.45) is 3.61. The Bertz CT molecular complexity index is 258. The number of hydrogen-bond donors (Lipinski definition) is 1. The van der Waals surface area contributed by atoms with E-state index in [9.17, 15) is 4.79 Å². The summed E-state index contributed by atoms with van der Waals surface area (Å²) < 4.78 is 0. The van der Waals surface area contributed by atoms with Crippen molar-refractivity contribution in [2.75, 3.05) is 13.1 Å². The van der Waals surface area contributed by atoms with Gasteiger partial charge in [-0.15, -0.1) is 12.4 Å². The van der Waals surface area contributed by atoms with Gasteiger partial charge in [-0.05, 0) is 52.1 Å². The van der Waals surface area contributed by atoms with Crippen molar-refractivity contribution in [1.82, 2.24) is 10.2 Å². The molecule has 17 heavy (non-hydrogen) atoms. The zero-order valence-corrected chi connectivity index (χ0v) is 11.9. The fourth-order valence-electron chi connectivity index (χ4n) is 2.96. The molecule has 0 spiro atoms. The number of halogens is 1. The highest BCUT2D eigenvalue weighted by molar-refractivity contribution is 5.85. The number of carbonyl (C=O) groups is 1. The second kappa shape index (κ2) is 6.05. The molecule has 0 bridgehead atoms. The van der Waals surface area contributed by atoms with Crippen LogP contribution >= 0.6 is 12.4 Å². The van der Waals surface area contributed by atoms with Crippen molar-refractivity contribution in [3.8, 4) is 0 Å². The van der Waals surface area contributed by atoms with E-state index in [0.29, 0.717) is 23.9 Å². The molecule has 1 N–H and O–H groups in total. The molecule has 3 unspecified atom stereocenters. The summed E-state index contributed by atoms with van der Waals surface area (Å²) in [6, 6.07) is 0.874. The lowest BCUT2D eigenvalue weighted by Crippen LogP contribution is -2.55. The van der Waals surface area contributed by atoms with Crippen LogP contribution in [-0.2, 0) is 4.79 Å². The average molecular weight is 261 g/mol. The molecule has 2 fully saturated rings. The molecule has 0 saturated carbocycles. The SMILES string of the molecule is CC(C(=O)N1C(C)CCCC1C)C1CNC1.Cl. The number of nitrogens with zero attached hydrogens (tertiary/aromatic N) is 1. The molecule has 4 heteroatoms. The van der Waals surface area contributed by atoms with Crippen molar-refractivity contribution in [3.05, 3.63) is 0 Å². The van der Waals surface area contributed by atoms with E-state index in [2.05, 4.69) is 31.0 Å². The molecule has 0 aliphatic carbocycles. The fourth-order valence-corrected chi connectivity index (χ4v) is 2.96. The van der Waals surface area contributed by atoms with E-state index in [-0.39, 0.29) is 18.3 Å². The third kappa shape index (κ3) is 2.94. The van der Waals surface area contributed by atoms with E-state index in [1.807, 2.05) is 0 Å². The third-order valence-corrected chi connectivity index (χ3v) is 4.36. The number of nitrogens with one attached hydrogen (secondary N) is 1. The molecule has 2 aliphatic rings. The molecule has 100 valence electrons. The molecule has 0 aromatic rings. The smallest absolute Gasteiger partial charge is 0.226 e. The Balaban J connectivity index is 0.00000144. The zero-order chi connectivity index (χ0) is 11.7. The molecule has 0 aromatic carbocycles. The van der Waals surface area contributed by atoms with E-state index < -0.39 is 0 Å². The summed E-state index contributed by atoms with van der Waals surface area (Å²) in [7, 11) is 0. The number of piperidine rings is 1. The van der Waals surface area contributed by atoms with E-state index in [1.54, 1.807) is 0 Å². The highest BCUT2D eigenvalue weighted by Crippen LogP contribution is 2.27. The summed E-state index contributed by atoms with van der Waals surface area (Å²) in [4.78, 5) is 14.6. The van der Waals surface area contributed by atoms with Crippen LogP contribution in [0.5, 0.6) is 0 Å². The molecular weight excluding hydrogens is 236 g/mol. The van der Waals surface area contributed by atoms with Crippen molar-refractivity contribution < 1.29 is 4.79 Å². The monoisotopic (exact) mass is 260 g/mol. The van der Waals surface area contributed by atoms with Gasteiger partial charge in [0.25, 0.3) is 0 Å². The zero-order valence-electron chi connectivity index (χ0n) is 11.1. The molecule has 3 nitrogen and oxygen atoms in total. The topological polar surface area (TPSA) is 32.3 Å². The first-order valence-electron chi connectivity index (χ1n) is 6.64. The summed E-state index contributed by atoms with van der Waals surface area (Å²) in [5.74, 6) is 1.14.